The van der Waals surface area contributed by atoms with Crippen LogP contribution in [0.2, 0.25) is 0 Å². The number of hydrogen-bond acceptors (Lipinski definition) is 3. The van der Waals surface area contributed by atoms with Gasteiger partial charge in [0.1, 0.15) is 12.1 Å². The van der Waals surface area contributed by atoms with Gasteiger partial charge in [-0.2, -0.15) is 5.10 Å². The topological polar surface area (TPSA) is 78.0 Å². The van der Waals surface area contributed by atoms with Crippen LogP contribution in [0.1, 0.15) is 31.9 Å². The fraction of sp³-hybridized carbons (Fsp3) is 0.318. The number of halogens is 1. The van der Waals surface area contributed by atoms with Gasteiger partial charge in [-0.25, -0.2) is 14.4 Å². The van der Waals surface area contributed by atoms with Crippen molar-refractivity contribution < 1.29 is 4.39 Å². The number of hydrogen-bond donors (Lipinski definition) is 3. The van der Waals surface area contributed by atoms with Crippen LogP contribution in [0.25, 0.3) is 11.4 Å². The first-order valence-electron chi connectivity index (χ1n) is 9.71. The van der Waals surface area contributed by atoms with Gasteiger partial charge < -0.3 is 10.6 Å². The van der Waals surface area contributed by atoms with Crippen LogP contribution in [-0.4, -0.2) is 34.2 Å². The molecule has 7 heteroatoms. The lowest BCUT2D eigenvalue weighted by Crippen LogP contribution is -2.43. The number of nitrogens with zero attached hydrogens (tertiary/aromatic N) is 3. The number of H-pyrrole nitrogens is 1. The summed E-state index contributed by atoms with van der Waals surface area (Å²) in [7, 11) is 0. The third kappa shape index (κ3) is 5.63. The molecule has 0 radical (unpaired) electrons. The summed E-state index contributed by atoms with van der Waals surface area (Å²) in [4.78, 5) is 8.88. The van der Waals surface area contributed by atoms with Gasteiger partial charge in [0.25, 0.3) is 0 Å². The van der Waals surface area contributed by atoms with Crippen molar-refractivity contribution in [3.05, 3.63) is 71.8 Å². The standard InChI is InChI=1S/C22H27FN6/c1-4-24-21(26-14-22(2,3)18-9-6-10-19(23)12-18)25-13-16-7-5-8-17(11-16)20-27-15-28-29-20/h5-12,15H,4,13-14H2,1-3H3,(H2,24,25,26)(H,27,28,29). The number of benzene rings is 2. The number of aromatic amines is 1. The second-order valence-corrected chi connectivity index (χ2v) is 7.48. The maximum absolute atomic E-state index is 13.6. The highest BCUT2D eigenvalue weighted by Gasteiger charge is 2.21. The van der Waals surface area contributed by atoms with E-state index in [0.717, 1.165) is 35.0 Å². The molecule has 0 unspecified atom stereocenters. The molecule has 0 amide bonds. The van der Waals surface area contributed by atoms with Gasteiger partial charge in [0.2, 0.25) is 0 Å². The summed E-state index contributed by atoms with van der Waals surface area (Å²) in [6, 6.07) is 14.8. The molecule has 0 aliphatic rings. The average Bonchev–Trinajstić information content (AvgIpc) is 3.25. The Kier molecular flexibility index (Phi) is 6.59. The molecule has 3 aromatic rings. The molecule has 0 spiro atoms. The molecule has 0 saturated heterocycles. The first-order valence-corrected chi connectivity index (χ1v) is 9.71. The van der Waals surface area contributed by atoms with Crippen LogP contribution in [0.4, 0.5) is 4.39 Å². The second-order valence-electron chi connectivity index (χ2n) is 7.48. The number of rotatable bonds is 7. The van der Waals surface area contributed by atoms with Crippen molar-refractivity contribution in [3.63, 3.8) is 0 Å². The SMILES string of the molecule is CCNC(=NCc1cccc(-c2ncn[nH]2)c1)NCC(C)(C)c1cccc(F)c1. The summed E-state index contributed by atoms with van der Waals surface area (Å²) in [6.07, 6.45) is 1.49. The van der Waals surface area contributed by atoms with Gasteiger partial charge in [-0.1, -0.05) is 44.2 Å². The second kappa shape index (κ2) is 9.32. The summed E-state index contributed by atoms with van der Waals surface area (Å²) >= 11 is 0. The van der Waals surface area contributed by atoms with E-state index in [1.165, 1.54) is 12.4 Å². The van der Waals surface area contributed by atoms with E-state index in [1.807, 2.05) is 37.3 Å². The van der Waals surface area contributed by atoms with Crippen molar-refractivity contribution in [1.82, 2.24) is 25.8 Å². The van der Waals surface area contributed by atoms with Crippen LogP contribution in [0, 0.1) is 5.82 Å². The summed E-state index contributed by atoms with van der Waals surface area (Å²) in [5.74, 6) is 1.24. The summed E-state index contributed by atoms with van der Waals surface area (Å²) in [6.45, 7) is 8.10. The van der Waals surface area contributed by atoms with E-state index in [4.69, 9.17) is 4.99 Å². The van der Waals surface area contributed by atoms with Gasteiger partial charge in [0.15, 0.2) is 11.8 Å². The van der Waals surface area contributed by atoms with Crippen LogP contribution in [0.5, 0.6) is 0 Å². The molecule has 1 heterocycles. The van der Waals surface area contributed by atoms with Gasteiger partial charge in [0.05, 0.1) is 6.54 Å². The van der Waals surface area contributed by atoms with Crippen molar-refractivity contribution in [2.75, 3.05) is 13.1 Å². The van der Waals surface area contributed by atoms with Crippen molar-refractivity contribution >= 4 is 5.96 Å². The van der Waals surface area contributed by atoms with E-state index < -0.39 is 0 Å². The molecule has 3 N–H and O–H groups in total. The quantitative estimate of drug-likeness (QED) is 0.422. The summed E-state index contributed by atoms with van der Waals surface area (Å²) < 4.78 is 13.6. The molecule has 29 heavy (non-hydrogen) atoms. The first kappa shape index (κ1) is 20.5. The molecular weight excluding hydrogens is 367 g/mol. The smallest absolute Gasteiger partial charge is 0.191 e. The minimum Gasteiger partial charge on any atom is -0.357 e. The van der Waals surface area contributed by atoms with Crippen LogP contribution in [0.3, 0.4) is 0 Å². The van der Waals surface area contributed by atoms with E-state index in [-0.39, 0.29) is 11.2 Å². The van der Waals surface area contributed by atoms with Gasteiger partial charge in [-0.15, -0.1) is 0 Å². The van der Waals surface area contributed by atoms with Gasteiger partial charge in [0, 0.05) is 24.1 Å². The third-order valence-corrected chi connectivity index (χ3v) is 4.68. The van der Waals surface area contributed by atoms with Gasteiger partial charge >= 0.3 is 0 Å². The Bertz CT molecular complexity index is 949. The lowest BCUT2D eigenvalue weighted by molar-refractivity contribution is 0.503. The maximum atomic E-state index is 13.6. The van der Waals surface area contributed by atoms with Crippen LogP contribution < -0.4 is 10.6 Å². The number of nitrogens with one attached hydrogen (secondary N) is 3. The Morgan fingerprint density at radius 1 is 1.14 bits per heavy atom. The number of aromatic nitrogens is 3. The van der Waals surface area contributed by atoms with Crippen LogP contribution in [0.15, 0.2) is 59.9 Å². The van der Waals surface area contributed by atoms with E-state index in [1.54, 1.807) is 12.1 Å². The molecule has 152 valence electrons. The van der Waals surface area contributed by atoms with E-state index in [9.17, 15) is 4.39 Å². The molecule has 0 aliphatic carbocycles. The zero-order valence-electron chi connectivity index (χ0n) is 17.0. The zero-order chi connectivity index (χ0) is 20.7. The normalized spacial score (nSPS) is 12.1. The molecule has 6 nitrogen and oxygen atoms in total. The Hall–Kier alpha value is -3.22. The Morgan fingerprint density at radius 2 is 1.97 bits per heavy atom. The fourth-order valence-corrected chi connectivity index (χ4v) is 2.99. The lowest BCUT2D eigenvalue weighted by atomic mass is 9.84. The molecule has 2 aromatic carbocycles. The molecule has 0 saturated carbocycles. The Labute approximate surface area is 170 Å². The van der Waals surface area contributed by atoms with Crippen molar-refractivity contribution in [1.29, 1.82) is 0 Å². The monoisotopic (exact) mass is 394 g/mol. The molecule has 0 bridgehead atoms. The summed E-state index contributed by atoms with van der Waals surface area (Å²) in [5, 5.41) is 13.4. The Morgan fingerprint density at radius 3 is 2.69 bits per heavy atom. The molecular formula is C22H27FN6. The average molecular weight is 394 g/mol. The predicted molar refractivity (Wildman–Crippen MR) is 114 cm³/mol. The van der Waals surface area contributed by atoms with Gasteiger partial charge in [-0.3, -0.25) is 5.10 Å². The third-order valence-electron chi connectivity index (χ3n) is 4.68. The predicted octanol–water partition coefficient (Wildman–Crippen LogP) is 3.64. The first-order chi connectivity index (χ1) is 14.0. The van der Waals surface area contributed by atoms with Crippen LogP contribution in [-0.2, 0) is 12.0 Å². The minimum atomic E-state index is -0.246. The van der Waals surface area contributed by atoms with E-state index in [0.29, 0.717) is 13.1 Å². The molecule has 0 aliphatic heterocycles. The largest absolute Gasteiger partial charge is 0.357 e. The van der Waals surface area contributed by atoms with Crippen molar-refractivity contribution in [2.24, 2.45) is 4.99 Å². The minimum absolute atomic E-state index is 0.220. The number of aliphatic imine (C=N–C) groups is 1. The van der Waals surface area contributed by atoms with E-state index in [2.05, 4.69) is 39.7 Å². The number of guanidine groups is 1. The molecule has 1 aromatic heterocycles. The highest BCUT2D eigenvalue weighted by atomic mass is 19.1. The maximum Gasteiger partial charge on any atom is 0.191 e. The molecule has 0 fully saturated rings. The zero-order valence-corrected chi connectivity index (χ0v) is 17.0. The highest BCUT2D eigenvalue weighted by molar-refractivity contribution is 5.79. The van der Waals surface area contributed by atoms with Crippen molar-refractivity contribution in [3.8, 4) is 11.4 Å². The fourth-order valence-electron chi connectivity index (χ4n) is 2.99. The van der Waals surface area contributed by atoms with Crippen LogP contribution >= 0.6 is 0 Å². The Balaban J connectivity index is 1.68. The lowest BCUT2D eigenvalue weighted by Gasteiger charge is -2.27. The molecule has 3 rings (SSSR count). The van der Waals surface area contributed by atoms with E-state index >= 15 is 0 Å². The summed E-state index contributed by atoms with van der Waals surface area (Å²) in [5.41, 5.74) is 2.74. The van der Waals surface area contributed by atoms with Gasteiger partial charge in [-0.05, 0) is 36.2 Å². The highest BCUT2D eigenvalue weighted by Crippen LogP contribution is 2.23. The molecule has 0 atom stereocenters. The van der Waals surface area contributed by atoms with Crippen molar-refractivity contribution in [2.45, 2.75) is 32.7 Å².